The van der Waals surface area contributed by atoms with E-state index in [9.17, 15) is 4.21 Å². The summed E-state index contributed by atoms with van der Waals surface area (Å²) in [5.74, 6) is 0. The van der Waals surface area contributed by atoms with Crippen molar-refractivity contribution in [3.63, 3.8) is 0 Å². The fourth-order valence-corrected chi connectivity index (χ4v) is 1.63. The second-order valence-electron chi connectivity index (χ2n) is 2.52. The van der Waals surface area contributed by atoms with Crippen LogP contribution < -0.4 is 4.72 Å². The van der Waals surface area contributed by atoms with Crippen molar-refractivity contribution in [3.8, 4) is 0 Å². The molecule has 1 aromatic rings. The molecule has 0 bridgehead atoms. The van der Waals surface area contributed by atoms with Crippen molar-refractivity contribution < 1.29 is 8.76 Å². The molecule has 2 N–H and O–H groups in total. The number of halogens is 1. The van der Waals surface area contributed by atoms with Gasteiger partial charge < -0.3 is 0 Å². The minimum absolute atomic E-state index is 0.460. The van der Waals surface area contributed by atoms with Gasteiger partial charge >= 0.3 is 0 Å². The molecule has 1 aromatic carbocycles. The molecule has 1 unspecified atom stereocenters. The predicted octanol–water partition coefficient (Wildman–Crippen LogP) is 2.45. The van der Waals surface area contributed by atoms with Crippen LogP contribution in [0.25, 0.3) is 0 Å². The molecule has 13 heavy (non-hydrogen) atoms. The SMILES string of the molecule is CCc1ccc(NS(=O)O)c(Cl)c1. The molecular weight excluding hydrogens is 210 g/mol. The molecule has 72 valence electrons. The monoisotopic (exact) mass is 219 g/mol. The maximum absolute atomic E-state index is 10.4. The van der Waals surface area contributed by atoms with Gasteiger partial charge in [-0.25, -0.2) is 4.21 Å². The first-order valence-electron chi connectivity index (χ1n) is 3.79. The van der Waals surface area contributed by atoms with E-state index in [1.807, 2.05) is 13.0 Å². The summed E-state index contributed by atoms with van der Waals surface area (Å²) in [7, 11) is 0. The number of hydrogen-bond acceptors (Lipinski definition) is 1. The van der Waals surface area contributed by atoms with Crippen LogP contribution in [0.5, 0.6) is 0 Å². The summed E-state index contributed by atoms with van der Waals surface area (Å²) in [6.07, 6.45) is 0.891. The quantitative estimate of drug-likeness (QED) is 0.768. The van der Waals surface area contributed by atoms with Crippen LogP contribution in [0, 0.1) is 0 Å². The number of benzene rings is 1. The van der Waals surface area contributed by atoms with E-state index in [0.717, 1.165) is 12.0 Å². The van der Waals surface area contributed by atoms with Gasteiger partial charge in [-0.3, -0.25) is 9.27 Å². The molecule has 0 aliphatic heterocycles. The van der Waals surface area contributed by atoms with E-state index in [4.69, 9.17) is 16.2 Å². The molecule has 1 rings (SSSR count). The lowest BCUT2D eigenvalue weighted by Crippen LogP contribution is -2.02. The van der Waals surface area contributed by atoms with Crippen molar-refractivity contribution >= 4 is 28.6 Å². The van der Waals surface area contributed by atoms with Crippen molar-refractivity contribution in [1.29, 1.82) is 0 Å². The molecule has 0 radical (unpaired) electrons. The van der Waals surface area contributed by atoms with Crippen LogP contribution in [0.2, 0.25) is 5.02 Å². The summed E-state index contributed by atoms with van der Waals surface area (Å²) >= 11 is 3.77. The maximum Gasteiger partial charge on any atom is 0.259 e. The van der Waals surface area contributed by atoms with Gasteiger partial charge in [0.1, 0.15) is 0 Å². The van der Waals surface area contributed by atoms with Crippen molar-refractivity contribution in [3.05, 3.63) is 28.8 Å². The van der Waals surface area contributed by atoms with E-state index in [2.05, 4.69) is 4.72 Å². The number of nitrogens with one attached hydrogen (secondary N) is 1. The normalized spacial score (nSPS) is 12.5. The Bertz CT molecular complexity index is 330. The van der Waals surface area contributed by atoms with Crippen LogP contribution in [-0.2, 0) is 17.7 Å². The van der Waals surface area contributed by atoms with Crippen LogP contribution in [0.15, 0.2) is 18.2 Å². The highest BCUT2D eigenvalue weighted by molar-refractivity contribution is 7.80. The van der Waals surface area contributed by atoms with Crippen LogP contribution in [-0.4, -0.2) is 8.76 Å². The first-order valence-corrected chi connectivity index (χ1v) is 5.28. The van der Waals surface area contributed by atoms with Crippen LogP contribution >= 0.6 is 11.6 Å². The van der Waals surface area contributed by atoms with E-state index >= 15 is 0 Å². The van der Waals surface area contributed by atoms with Crippen molar-refractivity contribution in [2.45, 2.75) is 13.3 Å². The lowest BCUT2D eigenvalue weighted by atomic mass is 10.1. The summed E-state index contributed by atoms with van der Waals surface area (Å²) in [5, 5.41) is 0.460. The molecule has 0 amide bonds. The molecule has 0 saturated heterocycles. The molecule has 0 spiro atoms. The third-order valence-corrected chi connectivity index (χ3v) is 2.35. The smallest absolute Gasteiger partial charge is 0.259 e. The van der Waals surface area contributed by atoms with E-state index in [1.165, 1.54) is 0 Å². The Morgan fingerprint density at radius 2 is 2.31 bits per heavy atom. The average Bonchev–Trinajstić information content (AvgIpc) is 2.08. The Balaban J connectivity index is 2.91. The van der Waals surface area contributed by atoms with Crippen molar-refractivity contribution in [1.82, 2.24) is 0 Å². The van der Waals surface area contributed by atoms with Gasteiger partial charge in [-0.2, -0.15) is 0 Å². The minimum atomic E-state index is -2.07. The molecule has 3 nitrogen and oxygen atoms in total. The predicted molar refractivity (Wildman–Crippen MR) is 55.2 cm³/mol. The molecule has 0 heterocycles. The van der Waals surface area contributed by atoms with Gasteiger partial charge in [0.05, 0.1) is 10.7 Å². The standard InChI is InChI=1S/C8H10ClNO2S/c1-2-6-3-4-8(7(9)5-6)10-13(11)12/h3-5,10H,2H2,1H3,(H,11,12). The maximum atomic E-state index is 10.4. The third kappa shape index (κ3) is 2.99. The molecule has 0 fully saturated rings. The first kappa shape index (κ1) is 10.5. The Hall–Kier alpha value is -0.580. The highest BCUT2D eigenvalue weighted by Gasteiger charge is 2.02. The molecule has 0 aliphatic carbocycles. The lowest BCUT2D eigenvalue weighted by molar-refractivity contribution is 0.570. The van der Waals surface area contributed by atoms with E-state index < -0.39 is 11.3 Å². The van der Waals surface area contributed by atoms with Crippen LogP contribution in [0.1, 0.15) is 12.5 Å². The van der Waals surface area contributed by atoms with Gasteiger partial charge in [0, 0.05) is 0 Å². The molecule has 0 aromatic heterocycles. The number of rotatable bonds is 3. The topological polar surface area (TPSA) is 49.3 Å². The van der Waals surface area contributed by atoms with Crippen molar-refractivity contribution in [2.24, 2.45) is 0 Å². The fourth-order valence-electron chi connectivity index (χ4n) is 0.955. The highest BCUT2D eigenvalue weighted by atomic mass is 35.5. The molecule has 0 aliphatic rings. The molecular formula is C8H10ClNO2S. The summed E-state index contributed by atoms with van der Waals surface area (Å²) in [6.45, 7) is 2.02. The number of anilines is 1. The van der Waals surface area contributed by atoms with E-state index in [0.29, 0.717) is 10.7 Å². The Morgan fingerprint density at radius 1 is 1.62 bits per heavy atom. The summed E-state index contributed by atoms with van der Waals surface area (Å²) in [4.78, 5) is 0. The first-order chi connectivity index (χ1) is 6.13. The van der Waals surface area contributed by atoms with Gasteiger partial charge in [0.15, 0.2) is 0 Å². The second-order valence-corrected chi connectivity index (χ2v) is 3.63. The summed E-state index contributed by atoms with van der Waals surface area (Å²) in [5.41, 5.74) is 1.57. The zero-order valence-electron chi connectivity index (χ0n) is 7.08. The van der Waals surface area contributed by atoms with E-state index in [-0.39, 0.29) is 0 Å². The molecule has 5 heteroatoms. The highest BCUT2D eigenvalue weighted by Crippen LogP contribution is 2.23. The summed E-state index contributed by atoms with van der Waals surface area (Å²) < 4.78 is 21.3. The van der Waals surface area contributed by atoms with Gasteiger partial charge in [-0.1, -0.05) is 24.6 Å². The van der Waals surface area contributed by atoms with Gasteiger partial charge in [-0.05, 0) is 24.1 Å². The fraction of sp³-hybridized carbons (Fsp3) is 0.250. The zero-order chi connectivity index (χ0) is 9.84. The molecule has 0 saturated carbocycles. The average molecular weight is 220 g/mol. The van der Waals surface area contributed by atoms with Gasteiger partial charge in [0.2, 0.25) is 0 Å². The van der Waals surface area contributed by atoms with Crippen molar-refractivity contribution in [2.75, 3.05) is 4.72 Å². The molecule has 1 atom stereocenters. The Morgan fingerprint density at radius 3 is 2.77 bits per heavy atom. The number of aryl methyl sites for hydroxylation is 1. The van der Waals surface area contributed by atoms with Crippen LogP contribution in [0.4, 0.5) is 5.69 Å². The third-order valence-electron chi connectivity index (χ3n) is 1.64. The lowest BCUT2D eigenvalue weighted by Gasteiger charge is -2.05. The van der Waals surface area contributed by atoms with Crippen LogP contribution in [0.3, 0.4) is 0 Å². The Kier molecular flexibility index (Phi) is 3.71. The zero-order valence-corrected chi connectivity index (χ0v) is 8.65. The summed E-state index contributed by atoms with van der Waals surface area (Å²) in [6, 6.07) is 5.33. The minimum Gasteiger partial charge on any atom is -0.289 e. The second kappa shape index (κ2) is 4.60. The largest absolute Gasteiger partial charge is 0.289 e. The van der Waals surface area contributed by atoms with E-state index in [1.54, 1.807) is 12.1 Å². The number of hydrogen-bond donors (Lipinski definition) is 2. The van der Waals surface area contributed by atoms with Gasteiger partial charge in [-0.15, -0.1) is 0 Å². The Labute approximate surface area is 84.5 Å². The van der Waals surface area contributed by atoms with Gasteiger partial charge in [0.25, 0.3) is 11.3 Å².